The summed E-state index contributed by atoms with van der Waals surface area (Å²) in [4.78, 5) is 27.7. The van der Waals surface area contributed by atoms with E-state index >= 15 is 0 Å². The molecule has 0 saturated carbocycles. The SMILES string of the molecule is Cc1nn(-c2ccc(Cl)cc2)c(-c2ccccc2)c1C1=C(Cl)C(=O)N(Cc2ccc(F)cc2)C1=O. The Morgan fingerprint density at radius 1 is 0.857 bits per heavy atom. The van der Waals surface area contributed by atoms with Gasteiger partial charge in [0, 0.05) is 16.1 Å². The predicted octanol–water partition coefficient (Wildman–Crippen LogP) is 6.16. The summed E-state index contributed by atoms with van der Waals surface area (Å²) in [6, 6.07) is 22.2. The van der Waals surface area contributed by atoms with E-state index < -0.39 is 17.6 Å². The van der Waals surface area contributed by atoms with Crippen LogP contribution in [-0.2, 0) is 16.1 Å². The first-order chi connectivity index (χ1) is 16.8. The van der Waals surface area contributed by atoms with Crippen LogP contribution in [0, 0.1) is 12.7 Å². The van der Waals surface area contributed by atoms with Gasteiger partial charge in [-0.2, -0.15) is 5.10 Å². The molecule has 0 unspecified atom stereocenters. The van der Waals surface area contributed by atoms with Crippen LogP contribution in [0.4, 0.5) is 4.39 Å². The molecule has 1 aliphatic rings. The molecule has 2 heterocycles. The van der Waals surface area contributed by atoms with Gasteiger partial charge in [-0.05, 0) is 48.9 Å². The topological polar surface area (TPSA) is 55.2 Å². The number of amides is 2. The normalized spacial score (nSPS) is 13.8. The molecule has 5 rings (SSSR count). The number of imide groups is 1. The third-order valence-electron chi connectivity index (χ3n) is 5.79. The molecule has 0 fully saturated rings. The Balaban J connectivity index is 1.65. The van der Waals surface area contributed by atoms with Crippen molar-refractivity contribution in [2.75, 3.05) is 0 Å². The van der Waals surface area contributed by atoms with E-state index in [1.807, 2.05) is 42.5 Å². The van der Waals surface area contributed by atoms with Crippen molar-refractivity contribution in [1.29, 1.82) is 0 Å². The minimum Gasteiger partial charge on any atom is -0.269 e. The van der Waals surface area contributed by atoms with E-state index in [2.05, 4.69) is 0 Å². The highest BCUT2D eigenvalue weighted by Gasteiger charge is 2.41. The van der Waals surface area contributed by atoms with Gasteiger partial charge in [-0.3, -0.25) is 14.5 Å². The average Bonchev–Trinajstić information content (AvgIpc) is 3.30. The third-order valence-corrected chi connectivity index (χ3v) is 6.40. The molecular weight excluding hydrogens is 488 g/mol. The predicted molar refractivity (Wildman–Crippen MR) is 133 cm³/mol. The lowest BCUT2D eigenvalue weighted by atomic mass is 9.98. The van der Waals surface area contributed by atoms with Crippen LogP contribution in [0.25, 0.3) is 22.5 Å². The Bertz CT molecular complexity index is 1480. The zero-order valence-corrected chi connectivity index (χ0v) is 20.0. The molecule has 8 heteroatoms. The number of rotatable bonds is 5. The van der Waals surface area contributed by atoms with E-state index in [1.54, 1.807) is 23.7 Å². The summed E-state index contributed by atoms with van der Waals surface area (Å²) in [5, 5.41) is 5.11. The maximum Gasteiger partial charge on any atom is 0.273 e. The summed E-state index contributed by atoms with van der Waals surface area (Å²) in [5.74, 6) is -1.53. The fourth-order valence-electron chi connectivity index (χ4n) is 4.14. The lowest BCUT2D eigenvalue weighted by Crippen LogP contribution is -2.30. The van der Waals surface area contributed by atoms with Crippen molar-refractivity contribution in [2.24, 2.45) is 0 Å². The Morgan fingerprint density at radius 2 is 1.51 bits per heavy atom. The van der Waals surface area contributed by atoms with Gasteiger partial charge < -0.3 is 0 Å². The van der Waals surface area contributed by atoms with Crippen LogP contribution in [0.2, 0.25) is 5.02 Å². The van der Waals surface area contributed by atoms with Gasteiger partial charge in [0.1, 0.15) is 10.8 Å². The van der Waals surface area contributed by atoms with Crippen molar-refractivity contribution in [3.8, 4) is 16.9 Å². The van der Waals surface area contributed by atoms with E-state index in [0.29, 0.717) is 27.5 Å². The molecule has 1 aliphatic heterocycles. The second-order valence-corrected chi connectivity index (χ2v) is 8.89. The van der Waals surface area contributed by atoms with Gasteiger partial charge in [-0.1, -0.05) is 65.7 Å². The number of carbonyl (C=O) groups excluding carboxylic acids is 2. The molecule has 2 amide bonds. The highest BCUT2D eigenvalue weighted by Crippen LogP contribution is 2.40. The zero-order chi connectivity index (χ0) is 24.7. The Morgan fingerprint density at radius 3 is 2.17 bits per heavy atom. The van der Waals surface area contributed by atoms with Crippen molar-refractivity contribution < 1.29 is 14.0 Å². The highest BCUT2D eigenvalue weighted by atomic mass is 35.5. The summed E-state index contributed by atoms with van der Waals surface area (Å²) >= 11 is 12.6. The van der Waals surface area contributed by atoms with Gasteiger partial charge >= 0.3 is 0 Å². The first kappa shape index (κ1) is 23.0. The molecule has 35 heavy (non-hydrogen) atoms. The second-order valence-electron chi connectivity index (χ2n) is 8.08. The smallest absolute Gasteiger partial charge is 0.269 e. The van der Waals surface area contributed by atoms with Crippen molar-refractivity contribution in [1.82, 2.24) is 14.7 Å². The quantitative estimate of drug-likeness (QED) is 0.305. The summed E-state index contributed by atoms with van der Waals surface area (Å²) in [6.07, 6.45) is 0. The number of hydrogen-bond acceptors (Lipinski definition) is 3. The summed E-state index contributed by atoms with van der Waals surface area (Å²) in [7, 11) is 0. The number of halogens is 3. The molecule has 0 N–H and O–H groups in total. The Hall–Kier alpha value is -3.74. The zero-order valence-electron chi connectivity index (χ0n) is 18.5. The van der Waals surface area contributed by atoms with Gasteiger partial charge in [0.25, 0.3) is 11.8 Å². The Kier molecular flexibility index (Phi) is 6.01. The molecule has 0 aliphatic carbocycles. The minimum absolute atomic E-state index is 0.0251. The van der Waals surface area contributed by atoms with Crippen LogP contribution in [0.15, 0.2) is 83.9 Å². The first-order valence-corrected chi connectivity index (χ1v) is 11.5. The summed E-state index contributed by atoms with van der Waals surface area (Å²) < 4.78 is 15.0. The highest BCUT2D eigenvalue weighted by molar-refractivity contribution is 6.55. The van der Waals surface area contributed by atoms with Crippen molar-refractivity contribution in [2.45, 2.75) is 13.5 Å². The molecule has 1 aromatic heterocycles. The average molecular weight is 506 g/mol. The lowest BCUT2D eigenvalue weighted by Gasteiger charge is -2.15. The van der Waals surface area contributed by atoms with Crippen LogP contribution in [-0.4, -0.2) is 26.5 Å². The van der Waals surface area contributed by atoms with Gasteiger partial charge in [-0.25, -0.2) is 9.07 Å². The van der Waals surface area contributed by atoms with Gasteiger partial charge in [0.05, 0.1) is 29.2 Å². The Labute approximate surface area is 211 Å². The molecule has 4 aromatic rings. The van der Waals surface area contributed by atoms with Gasteiger partial charge in [0.2, 0.25) is 0 Å². The van der Waals surface area contributed by atoms with Crippen LogP contribution in [0.5, 0.6) is 0 Å². The monoisotopic (exact) mass is 505 g/mol. The number of aryl methyl sites for hydroxylation is 1. The minimum atomic E-state index is -0.603. The maximum absolute atomic E-state index is 13.6. The van der Waals surface area contributed by atoms with Crippen LogP contribution >= 0.6 is 23.2 Å². The number of aromatic nitrogens is 2. The summed E-state index contributed by atoms with van der Waals surface area (Å²) in [6.45, 7) is 1.74. The molecule has 0 atom stereocenters. The molecular formula is C27H18Cl2FN3O2. The maximum atomic E-state index is 13.6. The van der Waals surface area contributed by atoms with E-state index in [1.165, 1.54) is 24.3 Å². The fourth-order valence-corrected chi connectivity index (χ4v) is 4.54. The molecule has 0 saturated heterocycles. The van der Waals surface area contributed by atoms with Crippen LogP contribution in [0.3, 0.4) is 0 Å². The molecule has 3 aromatic carbocycles. The second kappa shape index (κ2) is 9.13. The van der Waals surface area contributed by atoms with Crippen molar-refractivity contribution in [3.05, 3.63) is 112 Å². The molecule has 174 valence electrons. The van der Waals surface area contributed by atoms with E-state index in [0.717, 1.165) is 16.2 Å². The largest absolute Gasteiger partial charge is 0.273 e. The van der Waals surface area contributed by atoms with Crippen LogP contribution < -0.4 is 0 Å². The van der Waals surface area contributed by atoms with Crippen molar-refractivity contribution >= 4 is 40.6 Å². The number of benzene rings is 3. The fraction of sp³-hybridized carbons (Fsp3) is 0.0741. The van der Waals surface area contributed by atoms with E-state index in [-0.39, 0.29) is 17.2 Å². The third kappa shape index (κ3) is 4.16. The number of hydrogen-bond donors (Lipinski definition) is 0. The van der Waals surface area contributed by atoms with Crippen molar-refractivity contribution in [3.63, 3.8) is 0 Å². The molecule has 0 spiro atoms. The van der Waals surface area contributed by atoms with Crippen LogP contribution in [0.1, 0.15) is 16.8 Å². The molecule has 0 radical (unpaired) electrons. The van der Waals surface area contributed by atoms with E-state index in [4.69, 9.17) is 28.3 Å². The van der Waals surface area contributed by atoms with Gasteiger partial charge in [0.15, 0.2) is 0 Å². The first-order valence-electron chi connectivity index (χ1n) is 10.8. The van der Waals surface area contributed by atoms with E-state index in [9.17, 15) is 14.0 Å². The van der Waals surface area contributed by atoms with Gasteiger partial charge in [-0.15, -0.1) is 0 Å². The number of nitrogens with zero attached hydrogens (tertiary/aromatic N) is 3. The lowest BCUT2D eigenvalue weighted by molar-refractivity contribution is -0.137. The summed E-state index contributed by atoms with van der Waals surface area (Å²) in [5.41, 5.74) is 3.88. The number of carbonyl (C=O) groups is 2. The molecule has 0 bridgehead atoms. The standard InChI is InChI=1S/C27H18Cl2FN3O2/c1-16-22(23-24(29)27(35)32(26(23)34)15-17-7-11-20(30)12-8-17)25(18-5-3-2-4-6-18)33(31-16)21-13-9-19(28)10-14-21/h2-14H,15H2,1H3. The molecule has 5 nitrogen and oxygen atoms in total.